The van der Waals surface area contributed by atoms with E-state index in [1.54, 1.807) is 6.07 Å². The van der Waals surface area contributed by atoms with E-state index < -0.39 is 14.0 Å². The Bertz CT molecular complexity index is 848. The SMILES string of the molecule is COc1ccc(CC(F)c2cc(OC)c(OC)c(OC)c2)cc1OP(=O)(O)O.[KH]. The molecule has 2 rings (SSSR count). The van der Waals surface area contributed by atoms with Crippen LogP contribution < -0.4 is 23.5 Å². The molecule has 2 aromatic carbocycles. The molecule has 11 heteroatoms. The minimum atomic E-state index is -4.79. The van der Waals surface area contributed by atoms with Gasteiger partial charge in [-0.2, -0.15) is 0 Å². The molecule has 0 bridgehead atoms. The fraction of sp³-hybridized carbons (Fsp3) is 0.333. The molecule has 1 atom stereocenters. The van der Waals surface area contributed by atoms with E-state index in [1.165, 1.54) is 52.7 Å². The van der Waals surface area contributed by atoms with Crippen molar-refractivity contribution >= 4 is 59.2 Å². The molecular weight excluding hydrogens is 433 g/mol. The first-order valence-electron chi connectivity index (χ1n) is 8.08. The van der Waals surface area contributed by atoms with Crippen LogP contribution in [-0.2, 0) is 11.0 Å². The van der Waals surface area contributed by atoms with Gasteiger partial charge in [-0.05, 0) is 35.4 Å². The van der Waals surface area contributed by atoms with Crippen LogP contribution in [0.5, 0.6) is 28.7 Å². The fourth-order valence-electron chi connectivity index (χ4n) is 2.65. The Morgan fingerprint density at radius 1 is 0.897 bits per heavy atom. The third kappa shape index (κ3) is 7.11. The molecule has 0 amide bonds. The number of ether oxygens (including phenoxy) is 4. The summed E-state index contributed by atoms with van der Waals surface area (Å²) in [5.74, 6) is 0.933. The van der Waals surface area contributed by atoms with Crippen LogP contribution >= 0.6 is 7.82 Å². The van der Waals surface area contributed by atoms with Crippen LogP contribution in [0.3, 0.4) is 0 Å². The number of benzene rings is 2. The number of halogens is 1. The van der Waals surface area contributed by atoms with Gasteiger partial charge >= 0.3 is 59.2 Å². The summed E-state index contributed by atoms with van der Waals surface area (Å²) in [4.78, 5) is 18.1. The third-order valence-corrected chi connectivity index (χ3v) is 4.34. The van der Waals surface area contributed by atoms with Gasteiger partial charge in [0.15, 0.2) is 23.0 Å². The van der Waals surface area contributed by atoms with Crippen molar-refractivity contribution in [2.24, 2.45) is 0 Å². The second kappa shape index (κ2) is 11.5. The maximum atomic E-state index is 15.0. The van der Waals surface area contributed by atoms with E-state index in [9.17, 15) is 8.96 Å². The molecule has 0 spiro atoms. The maximum absolute atomic E-state index is 15.0. The zero-order valence-electron chi connectivity index (χ0n) is 15.8. The first-order chi connectivity index (χ1) is 13.2. The van der Waals surface area contributed by atoms with Crippen LogP contribution in [0.15, 0.2) is 30.3 Å². The normalized spacial score (nSPS) is 11.8. The molecule has 0 aromatic heterocycles. The second-order valence-corrected chi connectivity index (χ2v) is 6.86. The zero-order valence-corrected chi connectivity index (χ0v) is 16.7. The van der Waals surface area contributed by atoms with Crippen LogP contribution in [0.1, 0.15) is 17.3 Å². The Kier molecular flexibility index (Phi) is 10.4. The molecule has 2 N–H and O–H groups in total. The van der Waals surface area contributed by atoms with Crippen LogP contribution in [0.4, 0.5) is 4.39 Å². The average Bonchev–Trinajstić information content (AvgIpc) is 2.65. The molecule has 8 nitrogen and oxygen atoms in total. The summed E-state index contributed by atoms with van der Waals surface area (Å²) < 4.78 is 51.4. The Labute approximate surface area is 210 Å². The van der Waals surface area contributed by atoms with Gasteiger partial charge in [0.05, 0.1) is 28.4 Å². The van der Waals surface area contributed by atoms with Crippen molar-refractivity contribution in [3.05, 3.63) is 41.5 Å². The van der Waals surface area contributed by atoms with Gasteiger partial charge in [-0.1, -0.05) is 6.07 Å². The van der Waals surface area contributed by atoms with Gasteiger partial charge in [0.2, 0.25) is 5.75 Å². The number of methoxy groups -OCH3 is 4. The first kappa shape index (κ1) is 26.2. The van der Waals surface area contributed by atoms with Crippen molar-refractivity contribution in [1.82, 2.24) is 0 Å². The van der Waals surface area contributed by atoms with E-state index in [-0.39, 0.29) is 69.3 Å². The van der Waals surface area contributed by atoms with Crippen molar-refractivity contribution in [1.29, 1.82) is 0 Å². The Morgan fingerprint density at radius 3 is 1.90 bits per heavy atom. The number of rotatable bonds is 9. The fourth-order valence-corrected chi connectivity index (χ4v) is 3.05. The van der Waals surface area contributed by atoms with Crippen LogP contribution in [0.2, 0.25) is 0 Å². The van der Waals surface area contributed by atoms with E-state index >= 15 is 0 Å². The van der Waals surface area contributed by atoms with Gasteiger partial charge in [0, 0.05) is 6.42 Å². The number of hydrogen-bond acceptors (Lipinski definition) is 6. The molecule has 0 aliphatic heterocycles. The van der Waals surface area contributed by atoms with Crippen LogP contribution in [0.25, 0.3) is 0 Å². The summed E-state index contributed by atoms with van der Waals surface area (Å²) in [5, 5.41) is 0. The number of alkyl halides is 1. The van der Waals surface area contributed by atoms with E-state index in [0.717, 1.165) is 0 Å². The van der Waals surface area contributed by atoms with Crippen molar-refractivity contribution in [3.63, 3.8) is 0 Å². The summed E-state index contributed by atoms with van der Waals surface area (Å²) in [6.07, 6.45) is -1.54. The Morgan fingerprint density at radius 2 is 1.45 bits per heavy atom. The van der Waals surface area contributed by atoms with Gasteiger partial charge in [-0.3, -0.25) is 9.79 Å². The molecule has 0 saturated heterocycles. The molecule has 0 saturated carbocycles. The van der Waals surface area contributed by atoms with Crippen molar-refractivity contribution in [2.45, 2.75) is 12.6 Å². The monoisotopic (exact) mass is 456 g/mol. The van der Waals surface area contributed by atoms with Crippen LogP contribution in [0, 0.1) is 0 Å². The average molecular weight is 456 g/mol. The zero-order chi connectivity index (χ0) is 20.9. The van der Waals surface area contributed by atoms with Gasteiger partial charge < -0.3 is 23.5 Å². The molecule has 29 heavy (non-hydrogen) atoms. The summed E-state index contributed by atoms with van der Waals surface area (Å²) in [6, 6.07) is 7.35. The summed E-state index contributed by atoms with van der Waals surface area (Å²) in [5.41, 5.74) is 0.744. The summed E-state index contributed by atoms with van der Waals surface area (Å²) >= 11 is 0. The molecule has 0 fully saturated rings. The molecule has 0 aliphatic rings. The van der Waals surface area contributed by atoms with Gasteiger partial charge in [-0.25, -0.2) is 8.96 Å². The van der Waals surface area contributed by atoms with Crippen molar-refractivity contribution in [2.75, 3.05) is 28.4 Å². The molecular formula is C18H23FKO8P. The molecule has 2 aromatic rings. The number of phosphoric ester groups is 1. The second-order valence-electron chi connectivity index (χ2n) is 5.70. The standard InChI is InChI=1S/C18H22FO8P.K.H/c1-23-14-6-5-11(8-15(14)27-28(20,21)22)7-13(19)12-9-16(24-2)18(26-4)17(10-12)25-3;;/h5-6,8-10,13H,7H2,1-4H3,(H2,20,21,22);;. The molecule has 156 valence electrons. The summed E-state index contributed by atoms with van der Waals surface area (Å²) in [6.45, 7) is 0. The Balaban J connectivity index is 0.00000420. The number of hydrogen-bond donors (Lipinski definition) is 2. The first-order valence-corrected chi connectivity index (χ1v) is 9.61. The minimum absolute atomic E-state index is 0. The van der Waals surface area contributed by atoms with E-state index in [2.05, 4.69) is 4.52 Å². The summed E-state index contributed by atoms with van der Waals surface area (Å²) in [7, 11) is 0.857. The predicted molar refractivity (Wildman–Crippen MR) is 106 cm³/mol. The van der Waals surface area contributed by atoms with E-state index in [1.807, 2.05) is 0 Å². The van der Waals surface area contributed by atoms with E-state index in [0.29, 0.717) is 28.4 Å². The quantitative estimate of drug-likeness (QED) is 0.439. The van der Waals surface area contributed by atoms with Crippen molar-refractivity contribution in [3.8, 4) is 28.7 Å². The molecule has 0 aliphatic carbocycles. The van der Waals surface area contributed by atoms with Crippen LogP contribution in [-0.4, -0.2) is 89.6 Å². The van der Waals surface area contributed by atoms with Crippen molar-refractivity contribution < 1.29 is 42.2 Å². The van der Waals surface area contributed by atoms with E-state index in [4.69, 9.17) is 28.7 Å². The molecule has 0 heterocycles. The van der Waals surface area contributed by atoms with Gasteiger partial charge in [0.25, 0.3) is 0 Å². The molecule has 1 unspecified atom stereocenters. The topological polar surface area (TPSA) is 104 Å². The Hall–Kier alpha value is -0.844. The number of phosphoric acid groups is 1. The van der Waals surface area contributed by atoms with Gasteiger partial charge in [0.1, 0.15) is 6.17 Å². The van der Waals surface area contributed by atoms with Gasteiger partial charge in [-0.15, -0.1) is 0 Å². The third-order valence-electron chi connectivity index (χ3n) is 3.91. The predicted octanol–water partition coefficient (Wildman–Crippen LogP) is 2.80. The molecule has 0 radical (unpaired) electrons.